The van der Waals surface area contributed by atoms with Crippen molar-refractivity contribution in [2.45, 2.75) is 20.5 Å². The van der Waals surface area contributed by atoms with Gasteiger partial charge < -0.3 is 28.7 Å². The van der Waals surface area contributed by atoms with E-state index in [1.54, 1.807) is 44.3 Å². The Bertz CT molecular complexity index is 1580. The maximum Gasteiger partial charge on any atom is 0.340 e. The first-order valence-electron chi connectivity index (χ1n) is 13.1. The first kappa shape index (κ1) is 28.8. The van der Waals surface area contributed by atoms with E-state index in [0.29, 0.717) is 44.6 Å². The lowest BCUT2D eigenvalue weighted by molar-refractivity contribution is -0.116. The van der Waals surface area contributed by atoms with Crippen LogP contribution in [0.5, 0.6) is 11.5 Å². The number of aromatic nitrogens is 3. The van der Waals surface area contributed by atoms with E-state index in [9.17, 15) is 9.36 Å². The fraction of sp³-hybridized carbons (Fsp3) is 0.286. The maximum atomic E-state index is 13.3. The molecule has 1 aliphatic rings. The van der Waals surface area contributed by atoms with Gasteiger partial charge in [0, 0.05) is 11.9 Å². The second-order valence-electron chi connectivity index (χ2n) is 8.91. The van der Waals surface area contributed by atoms with Gasteiger partial charge in [0.05, 0.1) is 47.1 Å². The molecule has 0 unspecified atom stereocenters. The highest BCUT2D eigenvalue weighted by atomic mass is 35.5. The summed E-state index contributed by atoms with van der Waals surface area (Å²) >= 11 is 6.52. The summed E-state index contributed by atoms with van der Waals surface area (Å²) in [7, 11) is -3.58. The number of anilines is 3. The molecule has 0 radical (unpaired) electrons. The number of amides is 1. The molecule has 0 saturated carbocycles. The third-order valence-corrected chi connectivity index (χ3v) is 8.42. The molecule has 13 heteroatoms. The van der Waals surface area contributed by atoms with Crippen LogP contribution < -0.4 is 19.7 Å². The number of carbonyl (C=O) groups is 1. The molecule has 2 aromatic carbocycles. The maximum absolute atomic E-state index is 13.3. The van der Waals surface area contributed by atoms with E-state index in [-0.39, 0.29) is 39.1 Å². The number of nitrogens with zero attached hydrogens (tertiary/aromatic N) is 4. The highest BCUT2D eigenvalue weighted by molar-refractivity contribution is 7.54. The number of benzene rings is 2. The van der Waals surface area contributed by atoms with Gasteiger partial charge in [-0.15, -0.1) is 0 Å². The van der Waals surface area contributed by atoms with Crippen molar-refractivity contribution in [3.05, 3.63) is 71.8 Å². The van der Waals surface area contributed by atoms with Crippen molar-refractivity contribution in [1.82, 2.24) is 15.0 Å². The average Bonchev–Trinajstić information content (AvgIpc) is 2.97. The minimum Gasteiger partial charge on any atom is -0.489 e. The fourth-order valence-electron chi connectivity index (χ4n) is 4.42. The van der Waals surface area contributed by atoms with Gasteiger partial charge in [0.25, 0.3) is 0 Å². The zero-order valence-corrected chi connectivity index (χ0v) is 24.2. The molecule has 11 nitrogen and oxygen atoms in total. The van der Waals surface area contributed by atoms with Crippen LogP contribution >= 0.6 is 19.2 Å². The molecule has 214 valence electrons. The Hall–Kier alpha value is -3.76. The minimum atomic E-state index is -3.58. The Morgan fingerprint density at radius 1 is 1.10 bits per heavy atom. The number of ether oxygens (including phenoxy) is 2. The summed E-state index contributed by atoms with van der Waals surface area (Å²) in [5.41, 5.74) is 2.58. The molecule has 0 bridgehead atoms. The van der Waals surface area contributed by atoms with Crippen LogP contribution in [-0.4, -0.2) is 53.4 Å². The van der Waals surface area contributed by atoms with E-state index in [0.717, 1.165) is 5.69 Å². The van der Waals surface area contributed by atoms with E-state index < -0.39 is 13.5 Å². The lowest BCUT2D eigenvalue weighted by atomic mass is 10.1. The molecule has 1 N–H and O–H groups in total. The largest absolute Gasteiger partial charge is 0.489 e. The van der Waals surface area contributed by atoms with Crippen LogP contribution in [0.2, 0.25) is 5.02 Å². The molecule has 1 aliphatic heterocycles. The number of halogens is 1. The number of hydrogen-bond acceptors (Lipinski definition) is 10. The molecule has 3 heterocycles. The third-order valence-electron chi connectivity index (χ3n) is 6.17. The van der Waals surface area contributed by atoms with Crippen molar-refractivity contribution >= 4 is 53.2 Å². The monoisotopic (exact) mass is 597 g/mol. The van der Waals surface area contributed by atoms with Crippen LogP contribution in [0.1, 0.15) is 19.5 Å². The molecule has 2 aromatic heterocycles. The molecule has 1 amide bonds. The zero-order valence-electron chi connectivity index (χ0n) is 22.6. The van der Waals surface area contributed by atoms with Gasteiger partial charge in [0.1, 0.15) is 37.3 Å². The number of fused-ring (bicyclic) bond motifs is 3. The first-order valence-corrected chi connectivity index (χ1v) is 15.2. The first-order chi connectivity index (χ1) is 19.9. The van der Waals surface area contributed by atoms with E-state index in [2.05, 4.69) is 20.3 Å². The number of rotatable bonds is 11. The quantitative estimate of drug-likeness (QED) is 0.206. The van der Waals surface area contributed by atoms with Crippen molar-refractivity contribution in [3.8, 4) is 11.5 Å². The smallest absolute Gasteiger partial charge is 0.340 e. The summed E-state index contributed by atoms with van der Waals surface area (Å²) in [5, 5.41) is 4.28. The number of hydrogen-bond donors (Lipinski definition) is 1. The molecular formula is C28H29ClN5O6P. The molecule has 4 aromatic rings. The van der Waals surface area contributed by atoms with E-state index in [4.69, 9.17) is 30.1 Å². The molecule has 0 spiro atoms. The minimum absolute atomic E-state index is 0.169. The summed E-state index contributed by atoms with van der Waals surface area (Å²) < 4.78 is 35.6. The van der Waals surface area contributed by atoms with Crippen LogP contribution in [0.25, 0.3) is 10.9 Å². The summed E-state index contributed by atoms with van der Waals surface area (Å²) in [6, 6.07) is 14.5. The van der Waals surface area contributed by atoms with Gasteiger partial charge in [-0.1, -0.05) is 17.7 Å². The Morgan fingerprint density at radius 3 is 2.66 bits per heavy atom. The topological polar surface area (TPSA) is 125 Å². The van der Waals surface area contributed by atoms with Gasteiger partial charge in [0.2, 0.25) is 5.91 Å². The van der Waals surface area contributed by atoms with Crippen molar-refractivity contribution < 1.29 is 27.9 Å². The summed E-state index contributed by atoms with van der Waals surface area (Å²) in [6.45, 7) is 4.54. The summed E-state index contributed by atoms with van der Waals surface area (Å²) in [5.74, 6) is 1.03. The summed E-state index contributed by atoms with van der Waals surface area (Å²) in [6.07, 6.45) is 2.77. The van der Waals surface area contributed by atoms with Crippen molar-refractivity contribution in [2.75, 3.05) is 42.7 Å². The Morgan fingerprint density at radius 2 is 1.93 bits per heavy atom. The lowest BCUT2D eigenvalue weighted by Crippen LogP contribution is -2.39. The lowest BCUT2D eigenvalue weighted by Gasteiger charge is -2.31. The molecular weight excluding hydrogens is 569 g/mol. The van der Waals surface area contributed by atoms with Gasteiger partial charge >= 0.3 is 7.60 Å². The van der Waals surface area contributed by atoms with Crippen LogP contribution in [0.15, 0.2) is 61.1 Å². The van der Waals surface area contributed by atoms with Gasteiger partial charge in [-0.25, -0.2) is 9.97 Å². The van der Waals surface area contributed by atoms with E-state index in [1.807, 2.05) is 24.3 Å². The Labute approximate surface area is 242 Å². The van der Waals surface area contributed by atoms with Gasteiger partial charge in [0.15, 0.2) is 5.75 Å². The van der Waals surface area contributed by atoms with Gasteiger partial charge in [-0.3, -0.25) is 14.3 Å². The molecule has 0 fully saturated rings. The normalized spacial score (nSPS) is 13.0. The van der Waals surface area contributed by atoms with Gasteiger partial charge in [-0.2, -0.15) is 0 Å². The van der Waals surface area contributed by atoms with Crippen LogP contribution in [0.4, 0.5) is 17.2 Å². The molecule has 0 aliphatic carbocycles. The average molecular weight is 598 g/mol. The van der Waals surface area contributed by atoms with Crippen LogP contribution in [-0.2, 0) is 25.0 Å². The second kappa shape index (κ2) is 12.8. The Kier molecular flexibility index (Phi) is 8.99. The van der Waals surface area contributed by atoms with Crippen molar-refractivity contribution in [3.63, 3.8) is 0 Å². The summed E-state index contributed by atoms with van der Waals surface area (Å²) in [4.78, 5) is 27.9. The highest BCUT2D eigenvalue weighted by Crippen LogP contribution is 2.49. The highest BCUT2D eigenvalue weighted by Gasteiger charge is 2.34. The molecule has 5 rings (SSSR count). The van der Waals surface area contributed by atoms with E-state index in [1.165, 1.54) is 11.2 Å². The van der Waals surface area contributed by atoms with Gasteiger partial charge in [-0.05, 0) is 56.3 Å². The van der Waals surface area contributed by atoms with E-state index >= 15 is 0 Å². The molecule has 0 atom stereocenters. The third kappa shape index (κ3) is 6.60. The molecule has 41 heavy (non-hydrogen) atoms. The second-order valence-corrected chi connectivity index (χ2v) is 11.4. The standard InChI is InChI=1S/C28H29ClN5O6P/c1-3-39-41(36,40-4-2)17-25(35)34-13-14-37-27-23(34)10-9-22-26(27)28(32-18-31-22)33-19-8-11-24(21(29)15-19)38-16-20-7-5-6-12-30-20/h5-12,15,18H,3-4,13-14,16-17H2,1-2H3,(H,31,32,33). The number of carbonyl (C=O) groups excluding carboxylic acids is 1. The predicted molar refractivity (Wildman–Crippen MR) is 156 cm³/mol. The number of pyridine rings is 1. The van der Waals surface area contributed by atoms with Crippen LogP contribution in [0.3, 0.4) is 0 Å². The Balaban J connectivity index is 1.40. The van der Waals surface area contributed by atoms with Crippen molar-refractivity contribution in [1.29, 1.82) is 0 Å². The fourth-order valence-corrected chi connectivity index (χ4v) is 6.20. The molecule has 0 saturated heterocycles. The zero-order chi connectivity index (χ0) is 28.8. The predicted octanol–water partition coefficient (Wildman–Crippen LogP) is 5.99. The number of nitrogens with one attached hydrogen (secondary N) is 1. The SMILES string of the molecule is CCOP(=O)(CC(=O)N1CCOc2c1ccc1ncnc(Nc3ccc(OCc4ccccn4)c(Cl)c3)c21)OCC. The van der Waals surface area contributed by atoms with Crippen molar-refractivity contribution in [2.24, 2.45) is 0 Å². The van der Waals surface area contributed by atoms with Crippen LogP contribution in [0, 0.1) is 0 Å².